The van der Waals surface area contributed by atoms with E-state index in [1.54, 1.807) is 0 Å². The Kier molecular flexibility index (Phi) is 11.3. The fourth-order valence-corrected chi connectivity index (χ4v) is 0. The van der Waals surface area contributed by atoms with Crippen LogP contribution in [0.4, 0.5) is 0 Å². The van der Waals surface area contributed by atoms with E-state index in [1.807, 2.05) is 0 Å². The van der Waals surface area contributed by atoms with Crippen molar-refractivity contribution in [2.75, 3.05) is 4.43 Å². The van der Waals surface area contributed by atoms with Crippen molar-refractivity contribution in [2.45, 2.75) is 13.8 Å². The highest BCUT2D eigenvalue weighted by Crippen LogP contribution is 1.95. The number of halogens is 1. The minimum absolute atomic E-state index is 0. The Morgan fingerprint density at radius 1 is 1.50 bits per heavy atom. The van der Waals surface area contributed by atoms with Crippen LogP contribution in [0.2, 0.25) is 0 Å². The highest BCUT2D eigenvalue weighted by Gasteiger charge is 1.81. The first kappa shape index (κ1) is 10.5. The molecule has 0 nitrogen and oxygen atoms in total. The quantitative estimate of drug-likeness (QED) is 0.346. The summed E-state index contributed by atoms with van der Waals surface area (Å²) in [6.45, 7) is 4.43. The van der Waals surface area contributed by atoms with Gasteiger partial charge in [0.2, 0.25) is 0 Å². The summed E-state index contributed by atoms with van der Waals surface area (Å²) < 4.78 is 1.28. The lowest BCUT2D eigenvalue weighted by molar-refractivity contribution is 0.763. The second kappa shape index (κ2) is 6.50. The lowest BCUT2D eigenvalue weighted by Crippen LogP contribution is -1.82. The Balaban J connectivity index is 0. The van der Waals surface area contributed by atoms with E-state index in [4.69, 9.17) is 0 Å². The van der Waals surface area contributed by atoms with E-state index in [1.165, 1.54) is 4.43 Å². The third kappa shape index (κ3) is 9.09. The van der Waals surface area contributed by atoms with E-state index in [0.29, 0.717) is 0 Å². The lowest BCUT2D eigenvalue weighted by atomic mass is 10.3. The van der Waals surface area contributed by atoms with Crippen molar-refractivity contribution in [3.63, 3.8) is 0 Å². The maximum absolute atomic E-state index is 2.38. The van der Waals surface area contributed by atoms with Crippen molar-refractivity contribution >= 4 is 45.6 Å². The van der Waals surface area contributed by atoms with Gasteiger partial charge in [0, 0.05) is 4.43 Å². The number of alkyl halides is 1. The third-order valence-electron chi connectivity index (χ3n) is 0.309. The smallest absolute Gasteiger partial charge is 0.0861 e. The molecule has 0 spiro atoms. The molecular weight excluding hydrogens is 199 g/mol. The summed E-state index contributed by atoms with van der Waals surface area (Å²) in [5.74, 6) is 0.871. The van der Waals surface area contributed by atoms with Crippen LogP contribution in [0.3, 0.4) is 0 Å². The summed E-state index contributed by atoms with van der Waals surface area (Å²) in [4.78, 5) is 0. The zero-order valence-corrected chi connectivity index (χ0v) is 5.82. The molecule has 0 aliphatic rings. The molecule has 0 bridgehead atoms. The summed E-state index contributed by atoms with van der Waals surface area (Å²) in [6, 6.07) is 0. The van der Waals surface area contributed by atoms with Gasteiger partial charge in [-0.2, -0.15) is 0 Å². The average Bonchev–Trinajstić information content (AvgIpc) is 1.38. The number of rotatable bonds is 1. The first-order valence-corrected chi connectivity index (χ1v) is 3.36. The van der Waals surface area contributed by atoms with Crippen molar-refractivity contribution < 1.29 is 0 Å². The molecule has 0 aromatic carbocycles. The standard InChI is InChI=1S/C4H9I.Mg.2H/c1-4(2)3-5;;;/h4H,3H2,1-2H3;;;. The molecule has 0 unspecified atom stereocenters. The van der Waals surface area contributed by atoms with Crippen LogP contribution in [0.15, 0.2) is 0 Å². The largest absolute Gasteiger partial charge is 0.316 e. The lowest BCUT2D eigenvalue weighted by Gasteiger charge is -1.88. The zero-order chi connectivity index (χ0) is 4.28. The highest BCUT2D eigenvalue weighted by atomic mass is 127. The summed E-state index contributed by atoms with van der Waals surface area (Å²) in [5.41, 5.74) is 0. The molecule has 0 aliphatic carbocycles. The van der Waals surface area contributed by atoms with Crippen molar-refractivity contribution in [1.82, 2.24) is 0 Å². The Hall–Kier alpha value is 1.50. The van der Waals surface area contributed by atoms with Crippen LogP contribution in [0.25, 0.3) is 0 Å². The van der Waals surface area contributed by atoms with Crippen LogP contribution in [0, 0.1) is 5.92 Å². The van der Waals surface area contributed by atoms with Gasteiger partial charge in [0.1, 0.15) is 0 Å². The van der Waals surface area contributed by atoms with E-state index >= 15 is 0 Å². The zero-order valence-electron chi connectivity index (χ0n) is 3.66. The monoisotopic (exact) mass is 210 g/mol. The van der Waals surface area contributed by atoms with Crippen LogP contribution in [-0.4, -0.2) is 27.5 Å². The SMILES string of the molecule is CC(C)CI.[MgH2]. The number of hydrogen-bond acceptors (Lipinski definition) is 0. The van der Waals surface area contributed by atoms with Gasteiger partial charge >= 0.3 is 23.1 Å². The van der Waals surface area contributed by atoms with Gasteiger partial charge in [-0.15, -0.1) is 0 Å². The van der Waals surface area contributed by atoms with Gasteiger partial charge in [0.05, 0.1) is 0 Å². The van der Waals surface area contributed by atoms with Gasteiger partial charge in [0.25, 0.3) is 0 Å². The van der Waals surface area contributed by atoms with Crippen molar-refractivity contribution in [3.05, 3.63) is 0 Å². The van der Waals surface area contributed by atoms with Crippen LogP contribution < -0.4 is 0 Å². The molecule has 6 heavy (non-hydrogen) atoms. The van der Waals surface area contributed by atoms with Crippen LogP contribution in [0.5, 0.6) is 0 Å². The Labute approximate surface area is 69.4 Å². The minimum Gasteiger partial charge on any atom is -0.0861 e. The summed E-state index contributed by atoms with van der Waals surface area (Å²) in [6.07, 6.45) is 0. The minimum atomic E-state index is 0. The van der Waals surface area contributed by atoms with Gasteiger partial charge in [-0.25, -0.2) is 0 Å². The Bertz CT molecular complexity index is 21.5. The predicted octanol–water partition coefficient (Wildman–Crippen LogP) is 1.16. The van der Waals surface area contributed by atoms with Crippen LogP contribution in [-0.2, 0) is 0 Å². The summed E-state index contributed by atoms with van der Waals surface area (Å²) in [7, 11) is 0. The maximum Gasteiger partial charge on any atom is 0.316 e. The third-order valence-corrected chi connectivity index (χ3v) is 2.07. The van der Waals surface area contributed by atoms with Gasteiger partial charge in [-0.05, 0) is 5.92 Å². The molecule has 0 rings (SSSR count). The van der Waals surface area contributed by atoms with E-state index in [2.05, 4.69) is 36.4 Å². The molecule has 36 valence electrons. The molecule has 0 fully saturated rings. The van der Waals surface area contributed by atoms with E-state index in [-0.39, 0.29) is 23.1 Å². The van der Waals surface area contributed by atoms with E-state index in [9.17, 15) is 0 Å². The van der Waals surface area contributed by atoms with Crippen molar-refractivity contribution in [3.8, 4) is 0 Å². The molecule has 0 N–H and O–H groups in total. The van der Waals surface area contributed by atoms with Gasteiger partial charge in [0.15, 0.2) is 0 Å². The second-order valence-electron chi connectivity index (χ2n) is 1.55. The molecule has 0 aromatic heterocycles. The average molecular weight is 210 g/mol. The molecule has 0 saturated heterocycles. The van der Waals surface area contributed by atoms with E-state index in [0.717, 1.165) is 5.92 Å². The fourth-order valence-electron chi connectivity index (χ4n) is 0. The van der Waals surface area contributed by atoms with Crippen LogP contribution in [0.1, 0.15) is 13.8 Å². The van der Waals surface area contributed by atoms with Crippen molar-refractivity contribution in [1.29, 1.82) is 0 Å². The number of hydrogen-bond donors (Lipinski definition) is 0. The molecule has 0 radical (unpaired) electrons. The fraction of sp³-hybridized carbons (Fsp3) is 1.00. The van der Waals surface area contributed by atoms with Gasteiger partial charge in [-0.3, -0.25) is 0 Å². The molecular formula is C4H11IMg. The second-order valence-corrected chi connectivity index (χ2v) is 2.43. The van der Waals surface area contributed by atoms with Gasteiger partial charge in [-0.1, -0.05) is 36.4 Å². The maximum atomic E-state index is 2.38. The highest BCUT2D eigenvalue weighted by molar-refractivity contribution is 14.1. The first-order chi connectivity index (χ1) is 2.27. The van der Waals surface area contributed by atoms with Crippen molar-refractivity contribution in [2.24, 2.45) is 5.92 Å². The molecule has 0 aliphatic heterocycles. The molecule has 0 atom stereocenters. The Morgan fingerprint density at radius 2 is 1.67 bits per heavy atom. The summed E-state index contributed by atoms with van der Waals surface area (Å²) in [5, 5.41) is 0. The van der Waals surface area contributed by atoms with E-state index < -0.39 is 0 Å². The normalized spacial score (nSPS) is 8.00. The summed E-state index contributed by atoms with van der Waals surface area (Å²) >= 11 is 2.38. The molecule has 0 aromatic rings. The molecule has 0 amide bonds. The Morgan fingerprint density at radius 3 is 1.67 bits per heavy atom. The molecule has 0 heterocycles. The molecule has 2 heteroatoms. The van der Waals surface area contributed by atoms with Crippen LogP contribution >= 0.6 is 22.6 Å². The molecule has 0 saturated carbocycles. The first-order valence-electron chi connectivity index (χ1n) is 1.83. The van der Waals surface area contributed by atoms with Gasteiger partial charge < -0.3 is 0 Å². The topological polar surface area (TPSA) is 0 Å². The predicted molar refractivity (Wildman–Crippen MR) is 42.3 cm³/mol.